The van der Waals surface area contributed by atoms with Gasteiger partial charge in [-0.05, 0) is 24.5 Å². The summed E-state index contributed by atoms with van der Waals surface area (Å²) in [6.07, 6.45) is 0.402. The maximum absolute atomic E-state index is 11.9. The number of carbonyl (C=O) groups excluding carboxylic acids is 2. The summed E-state index contributed by atoms with van der Waals surface area (Å²) in [6, 6.07) is 3.05. The SMILES string of the molecule is COC(=O)[C@@H](CC(C)C)NC(=O)COc1ccc(Cl)cc1[N+](=O)[O-]. The van der Waals surface area contributed by atoms with Crippen molar-refractivity contribution in [3.8, 4) is 5.75 Å². The van der Waals surface area contributed by atoms with Crippen molar-refractivity contribution in [2.24, 2.45) is 5.92 Å². The smallest absolute Gasteiger partial charge is 0.328 e. The molecular weight excluding hydrogens is 340 g/mol. The van der Waals surface area contributed by atoms with Gasteiger partial charge in [0.2, 0.25) is 0 Å². The first-order valence-corrected chi connectivity index (χ1v) is 7.56. The van der Waals surface area contributed by atoms with Crippen LogP contribution in [0.4, 0.5) is 5.69 Å². The van der Waals surface area contributed by atoms with Gasteiger partial charge >= 0.3 is 11.7 Å². The summed E-state index contributed by atoms with van der Waals surface area (Å²) in [7, 11) is 1.23. The second-order valence-corrected chi connectivity index (χ2v) is 5.87. The van der Waals surface area contributed by atoms with Crippen molar-refractivity contribution in [3.05, 3.63) is 33.3 Å². The highest BCUT2D eigenvalue weighted by Crippen LogP contribution is 2.29. The van der Waals surface area contributed by atoms with Crippen LogP contribution in [0.2, 0.25) is 5.02 Å². The van der Waals surface area contributed by atoms with Crippen LogP contribution in [0, 0.1) is 16.0 Å². The second kappa shape index (κ2) is 9.07. The van der Waals surface area contributed by atoms with Crippen LogP contribution < -0.4 is 10.1 Å². The molecule has 1 aromatic rings. The zero-order valence-corrected chi connectivity index (χ0v) is 14.3. The van der Waals surface area contributed by atoms with E-state index in [0.29, 0.717) is 6.42 Å². The number of halogens is 1. The molecule has 0 aliphatic rings. The van der Waals surface area contributed by atoms with Gasteiger partial charge in [-0.1, -0.05) is 25.4 Å². The number of nitro benzene ring substituents is 1. The molecule has 1 amide bonds. The summed E-state index contributed by atoms with van der Waals surface area (Å²) in [6.45, 7) is 3.32. The first kappa shape index (κ1) is 19.7. The number of ether oxygens (including phenoxy) is 2. The Balaban J connectivity index is 2.71. The third-order valence-electron chi connectivity index (χ3n) is 3.00. The number of benzene rings is 1. The maximum atomic E-state index is 11.9. The van der Waals surface area contributed by atoms with Gasteiger partial charge in [0.05, 0.1) is 12.0 Å². The highest BCUT2D eigenvalue weighted by molar-refractivity contribution is 6.30. The minimum Gasteiger partial charge on any atom is -0.477 e. The maximum Gasteiger partial charge on any atom is 0.328 e. The van der Waals surface area contributed by atoms with Crippen LogP contribution in [0.1, 0.15) is 20.3 Å². The molecular formula is C15H19ClN2O6. The molecule has 0 fully saturated rings. The normalized spacial score (nSPS) is 11.7. The van der Waals surface area contributed by atoms with Gasteiger partial charge in [0.1, 0.15) is 6.04 Å². The van der Waals surface area contributed by atoms with E-state index in [0.717, 1.165) is 6.07 Å². The van der Waals surface area contributed by atoms with Crippen LogP contribution in [0.25, 0.3) is 0 Å². The number of carbonyl (C=O) groups is 2. The van der Waals surface area contributed by atoms with E-state index >= 15 is 0 Å². The van der Waals surface area contributed by atoms with Gasteiger partial charge in [-0.3, -0.25) is 14.9 Å². The Morgan fingerprint density at radius 2 is 2.04 bits per heavy atom. The molecule has 1 N–H and O–H groups in total. The van der Waals surface area contributed by atoms with E-state index < -0.39 is 29.4 Å². The Hall–Kier alpha value is -2.35. The number of hydrogen-bond acceptors (Lipinski definition) is 6. The number of nitrogens with one attached hydrogen (secondary N) is 1. The molecule has 0 aliphatic heterocycles. The van der Waals surface area contributed by atoms with Crippen molar-refractivity contribution in [3.63, 3.8) is 0 Å². The van der Waals surface area contributed by atoms with Crippen molar-refractivity contribution >= 4 is 29.2 Å². The van der Waals surface area contributed by atoms with Crippen LogP contribution in [-0.2, 0) is 14.3 Å². The van der Waals surface area contributed by atoms with Gasteiger partial charge in [-0.2, -0.15) is 0 Å². The van der Waals surface area contributed by atoms with E-state index in [9.17, 15) is 19.7 Å². The Morgan fingerprint density at radius 1 is 1.38 bits per heavy atom. The Kier molecular flexibility index (Phi) is 7.44. The molecule has 0 spiro atoms. The number of nitrogens with zero attached hydrogens (tertiary/aromatic N) is 1. The number of amides is 1. The highest BCUT2D eigenvalue weighted by atomic mass is 35.5. The van der Waals surface area contributed by atoms with Gasteiger partial charge in [0, 0.05) is 11.1 Å². The second-order valence-electron chi connectivity index (χ2n) is 5.43. The summed E-state index contributed by atoms with van der Waals surface area (Å²) in [5, 5.41) is 13.6. The van der Waals surface area contributed by atoms with Crippen molar-refractivity contribution in [1.29, 1.82) is 0 Å². The lowest BCUT2D eigenvalue weighted by molar-refractivity contribution is -0.385. The third kappa shape index (κ3) is 6.04. The number of rotatable bonds is 8. The molecule has 9 heteroatoms. The Bertz CT molecular complexity index is 620. The Morgan fingerprint density at radius 3 is 2.58 bits per heavy atom. The lowest BCUT2D eigenvalue weighted by Crippen LogP contribution is -2.44. The molecule has 0 aliphatic carbocycles. The quantitative estimate of drug-likeness (QED) is 0.434. The van der Waals surface area contributed by atoms with Crippen molar-refractivity contribution in [2.75, 3.05) is 13.7 Å². The molecule has 24 heavy (non-hydrogen) atoms. The lowest BCUT2D eigenvalue weighted by atomic mass is 10.0. The van der Waals surface area contributed by atoms with Crippen molar-refractivity contribution < 1.29 is 24.0 Å². The first-order chi connectivity index (χ1) is 11.2. The number of hydrogen-bond donors (Lipinski definition) is 1. The monoisotopic (exact) mass is 358 g/mol. The molecule has 0 heterocycles. The van der Waals surface area contributed by atoms with E-state index in [1.807, 2.05) is 13.8 Å². The minimum atomic E-state index is -0.800. The molecule has 1 rings (SSSR count). The summed E-state index contributed by atoms with van der Waals surface area (Å²) >= 11 is 5.70. The summed E-state index contributed by atoms with van der Waals surface area (Å²) in [5.41, 5.74) is -0.345. The van der Waals surface area contributed by atoms with Crippen LogP contribution >= 0.6 is 11.6 Å². The van der Waals surface area contributed by atoms with Crippen molar-refractivity contribution in [1.82, 2.24) is 5.32 Å². The molecule has 0 saturated heterocycles. The predicted molar refractivity (Wildman–Crippen MR) is 87.0 cm³/mol. The molecule has 8 nitrogen and oxygen atoms in total. The largest absolute Gasteiger partial charge is 0.477 e. The number of methoxy groups -OCH3 is 1. The average Bonchev–Trinajstić information content (AvgIpc) is 2.51. The molecule has 0 unspecified atom stereocenters. The van der Waals surface area contributed by atoms with E-state index in [1.54, 1.807) is 0 Å². The van der Waals surface area contributed by atoms with E-state index in [1.165, 1.54) is 19.2 Å². The summed E-state index contributed by atoms with van der Waals surface area (Å²) in [5.74, 6) is -1.07. The minimum absolute atomic E-state index is 0.0852. The predicted octanol–water partition coefficient (Wildman–Crippen LogP) is 2.33. The fourth-order valence-corrected chi connectivity index (χ4v) is 2.13. The molecule has 1 aromatic carbocycles. The summed E-state index contributed by atoms with van der Waals surface area (Å²) in [4.78, 5) is 33.9. The third-order valence-corrected chi connectivity index (χ3v) is 3.24. The summed E-state index contributed by atoms with van der Waals surface area (Å²) < 4.78 is 9.81. The topological polar surface area (TPSA) is 108 Å². The molecule has 0 bridgehead atoms. The van der Waals surface area contributed by atoms with Gasteiger partial charge < -0.3 is 14.8 Å². The molecule has 1 atom stereocenters. The fourth-order valence-electron chi connectivity index (χ4n) is 1.96. The lowest BCUT2D eigenvalue weighted by Gasteiger charge is -2.18. The first-order valence-electron chi connectivity index (χ1n) is 7.18. The van der Waals surface area contributed by atoms with Gasteiger partial charge in [0.25, 0.3) is 5.91 Å². The van der Waals surface area contributed by atoms with Crippen LogP contribution in [-0.4, -0.2) is 36.6 Å². The van der Waals surface area contributed by atoms with Crippen LogP contribution in [0.3, 0.4) is 0 Å². The van der Waals surface area contributed by atoms with Crippen LogP contribution in [0.15, 0.2) is 18.2 Å². The van der Waals surface area contributed by atoms with Gasteiger partial charge in [-0.15, -0.1) is 0 Å². The standard InChI is InChI=1S/C15H19ClN2O6/c1-9(2)6-11(15(20)23-3)17-14(19)8-24-13-5-4-10(16)7-12(13)18(21)22/h4-5,7,9,11H,6,8H2,1-3H3,(H,17,19)/t11-/m1/s1. The van der Waals surface area contributed by atoms with Gasteiger partial charge in [0.15, 0.2) is 12.4 Å². The molecule has 132 valence electrons. The zero-order chi connectivity index (χ0) is 18.3. The van der Waals surface area contributed by atoms with E-state index in [-0.39, 0.29) is 22.4 Å². The zero-order valence-electron chi connectivity index (χ0n) is 13.6. The fraction of sp³-hybridized carbons (Fsp3) is 0.467. The molecule has 0 aromatic heterocycles. The highest BCUT2D eigenvalue weighted by Gasteiger charge is 2.23. The molecule has 0 radical (unpaired) electrons. The van der Waals surface area contributed by atoms with E-state index in [2.05, 4.69) is 10.1 Å². The van der Waals surface area contributed by atoms with E-state index in [4.69, 9.17) is 16.3 Å². The molecule has 0 saturated carbocycles. The number of nitro groups is 1. The van der Waals surface area contributed by atoms with Crippen LogP contribution in [0.5, 0.6) is 5.75 Å². The Labute approximate surface area is 144 Å². The number of esters is 1. The average molecular weight is 359 g/mol. The van der Waals surface area contributed by atoms with Gasteiger partial charge in [-0.25, -0.2) is 4.79 Å². The van der Waals surface area contributed by atoms with Crippen molar-refractivity contribution in [2.45, 2.75) is 26.3 Å².